The molecule has 0 fully saturated rings. The topological polar surface area (TPSA) is 76.4 Å². The number of amides is 1. The molecule has 0 aliphatic heterocycles. The van der Waals surface area contributed by atoms with Gasteiger partial charge in [0, 0.05) is 18.8 Å². The zero-order valence-electron chi connectivity index (χ0n) is 11.4. The summed E-state index contributed by atoms with van der Waals surface area (Å²) in [7, 11) is 0. The molecule has 0 saturated carbocycles. The third-order valence-corrected chi connectivity index (χ3v) is 2.10. The first-order chi connectivity index (χ1) is 8.78. The molecule has 1 aromatic rings. The van der Waals surface area contributed by atoms with Crippen LogP contribution in [0.15, 0.2) is 18.2 Å². The molecule has 0 unspecified atom stereocenters. The lowest BCUT2D eigenvalue weighted by Gasteiger charge is -2.19. The third kappa shape index (κ3) is 5.94. The quantitative estimate of drug-likeness (QED) is 0.579. The lowest BCUT2D eigenvalue weighted by Crippen LogP contribution is -2.35. The van der Waals surface area contributed by atoms with E-state index in [2.05, 4.69) is 10.6 Å². The Labute approximate surface area is 112 Å². The Kier molecular flexibility index (Phi) is 4.97. The van der Waals surface area contributed by atoms with Gasteiger partial charge in [0.2, 0.25) is 0 Å². The van der Waals surface area contributed by atoms with Crippen LogP contribution in [0.25, 0.3) is 0 Å². The minimum Gasteiger partial charge on any atom is -0.444 e. The first kappa shape index (κ1) is 15.1. The molecular formula is C13H20FN3O2. The van der Waals surface area contributed by atoms with Crippen LogP contribution in [0.1, 0.15) is 20.8 Å². The average molecular weight is 269 g/mol. The SMILES string of the molecule is CC(C)(C)OC(=O)NCCNc1ccc(N)cc1F. The molecule has 0 bridgehead atoms. The number of hydrogen-bond donors (Lipinski definition) is 3. The van der Waals surface area contributed by atoms with Crippen molar-refractivity contribution < 1.29 is 13.9 Å². The van der Waals surface area contributed by atoms with E-state index in [4.69, 9.17) is 10.5 Å². The molecule has 6 heteroatoms. The Morgan fingerprint density at radius 3 is 2.63 bits per heavy atom. The molecule has 4 N–H and O–H groups in total. The second kappa shape index (κ2) is 6.26. The standard InChI is InChI=1S/C13H20FN3O2/c1-13(2,3)19-12(18)17-7-6-16-11-5-4-9(15)8-10(11)14/h4-5,8,16H,6-7,15H2,1-3H3,(H,17,18). The molecule has 106 valence electrons. The summed E-state index contributed by atoms with van der Waals surface area (Å²) in [4.78, 5) is 11.3. The Morgan fingerprint density at radius 2 is 2.05 bits per heavy atom. The molecule has 0 aliphatic carbocycles. The van der Waals surface area contributed by atoms with Crippen LogP contribution in [-0.2, 0) is 4.74 Å². The number of hydrogen-bond acceptors (Lipinski definition) is 4. The maximum absolute atomic E-state index is 13.4. The van der Waals surface area contributed by atoms with Crippen molar-refractivity contribution in [2.75, 3.05) is 24.1 Å². The second-order valence-corrected chi connectivity index (χ2v) is 5.09. The highest BCUT2D eigenvalue weighted by atomic mass is 19.1. The van der Waals surface area contributed by atoms with E-state index in [0.29, 0.717) is 24.5 Å². The minimum absolute atomic E-state index is 0.332. The Balaban J connectivity index is 2.29. The fraction of sp³-hybridized carbons (Fsp3) is 0.462. The van der Waals surface area contributed by atoms with E-state index >= 15 is 0 Å². The minimum atomic E-state index is -0.527. The molecule has 0 aliphatic rings. The molecule has 1 amide bonds. The van der Waals surface area contributed by atoms with E-state index in [1.54, 1.807) is 32.9 Å². The first-order valence-electron chi connectivity index (χ1n) is 6.04. The van der Waals surface area contributed by atoms with Gasteiger partial charge in [-0.15, -0.1) is 0 Å². The van der Waals surface area contributed by atoms with Crippen molar-refractivity contribution in [3.05, 3.63) is 24.0 Å². The monoisotopic (exact) mass is 269 g/mol. The van der Waals surface area contributed by atoms with Crippen LogP contribution in [-0.4, -0.2) is 24.8 Å². The van der Waals surface area contributed by atoms with E-state index < -0.39 is 17.5 Å². The lowest BCUT2D eigenvalue weighted by atomic mass is 10.2. The summed E-state index contributed by atoms with van der Waals surface area (Å²) in [5, 5.41) is 5.43. The number of ether oxygens (including phenoxy) is 1. The van der Waals surface area contributed by atoms with E-state index in [1.165, 1.54) is 6.07 Å². The molecule has 0 spiro atoms. The zero-order chi connectivity index (χ0) is 14.5. The van der Waals surface area contributed by atoms with Gasteiger partial charge in [0.1, 0.15) is 11.4 Å². The number of alkyl carbamates (subject to hydrolysis) is 1. The summed E-state index contributed by atoms with van der Waals surface area (Å²) in [6.07, 6.45) is -0.493. The number of nitrogens with one attached hydrogen (secondary N) is 2. The van der Waals surface area contributed by atoms with Gasteiger partial charge < -0.3 is 21.1 Å². The van der Waals surface area contributed by atoms with Crippen LogP contribution < -0.4 is 16.4 Å². The van der Waals surface area contributed by atoms with Gasteiger partial charge in [0.25, 0.3) is 0 Å². The highest BCUT2D eigenvalue weighted by Crippen LogP contribution is 2.16. The molecule has 5 nitrogen and oxygen atoms in total. The van der Waals surface area contributed by atoms with E-state index in [-0.39, 0.29) is 0 Å². The molecular weight excluding hydrogens is 249 g/mol. The highest BCUT2D eigenvalue weighted by Gasteiger charge is 2.15. The third-order valence-electron chi connectivity index (χ3n) is 2.10. The van der Waals surface area contributed by atoms with Crippen LogP contribution in [0.4, 0.5) is 20.6 Å². The van der Waals surface area contributed by atoms with Crippen molar-refractivity contribution in [3.63, 3.8) is 0 Å². The Hall–Kier alpha value is -1.98. The number of benzene rings is 1. The zero-order valence-corrected chi connectivity index (χ0v) is 11.4. The fourth-order valence-corrected chi connectivity index (χ4v) is 1.35. The van der Waals surface area contributed by atoms with Crippen molar-refractivity contribution in [2.24, 2.45) is 0 Å². The summed E-state index contributed by atoms with van der Waals surface area (Å²) < 4.78 is 18.5. The lowest BCUT2D eigenvalue weighted by molar-refractivity contribution is 0.0530. The van der Waals surface area contributed by atoms with Gasteiger partial charge in [0.05, 0.1) is 5.69 Å². The predicted molar refractivity (Wildman–Crippen MR) is 73.5 cm³/mol. The van der Waals surface area contributed by atoms with Crippen molar-refractivity contribution in [3.8, 4) is 0 Å². The maximum Gasteiger partial charge on any atom is 0.407 e. The highest BCUT2D eigenvalue weighted by molar-refractivity contribution is 5.67. The number of carbonyl (C=O) groups excluding carboxylic acids is 1. The molecule has 1 aromatic carbocycles. The summed E-state index contributed by atoms with van der Waals surface area (Å²) in [5.41, 5.74) is 5.63. The normalized spacial score (nSPS) is 10.9. The molecule has 0 aromatic heterocycles. The van der Waals surface area contributed by atoms with Crippen molar-refractivity contribution in [1.29, 1.82) is 0 Å². The van der Waals surface area contributed by atoms with Gasteiger partial charge in [-0.3, -0.25) is 0 Å². The molecule has 0 heterocycles. The maximum atomic E-state index is 13.4. The van der Waals surface area contributed by atoms with Crippen LogP contribution in [0.3, 0.4) is 0 Å². The van der Waals surface area contributed by atoms with Gasteiger partial charge in [0.15, 0.2) is 0 Å². The van der Waals surface area contributed by atoms with E-state index in [1.807, 2.05) is 0 Å². The Morgan fingerprint density at radius 1 is 1.37 bits per heavy atom. The molecule has 0 radical (unpaired) electrons. The smallest absolute Gasteiger partial charge is 0.407 e. The Bertz CT molecular complexity index is 444. The van der Waals surface area contributed by atoms with Crippen molar-refractivity contribution >= 4 is 17.5 Å². The number of nitrogens with two attached hydrogens (primary N) is 1. The second-order valence-electron chi connectivity index (χ2n) is 5.09. The largest absolute Gasteiger partial charge is 0.444 e. The average Bonchev–Trinajstić information content (AvgIpc) is 2.24. The number of carbonyl (C=O) groups is 1. The fourth-order valence-electron chi connectivity index (χ4n) is 1.35. The summed E-state index contributed by atoms with van der Waals surface area (Å²) in [5.74, 6) is -0.419. The van der Waals surface area contributed by atoms with Crippen LogP contribution in [0, 0.1) is 5.82 Å². The van der Waals surface area contributed by atoms with Crippen LogP contribution in [0.2, 0.25) is 0 Å². The van der Waals surface area contributed by atoms with Gasteiger partial charge in [-0.05, 0) is 39.0 Å². The summed E-state index contributed by atoms with van der Waals surface area (Å²) >= 11 is 0. The van der Waals surface area contributed by atoms with E-state index in [9.17, 15) is 9.18 Å². The van der Waals surface area contributed by atoms with Gasteiger partial charge in [-0.1, -0.05) is 0 Å². The summed E-state index contributed by atoms with van der Waals surface area (Å²) in [6.45, 7) is 6.08. The van der Waals surface area contributed by atoms with Crippen LogP contribution in [0.5, 0.6) is 0 Å². The molecule has 0 saturated heterocycles. The molecule has 1 rings (SSSR count). The molecule has 0 atom stereocenters. The number of rotatable bonds is 4. The van der Waals surface area contributed by atoms with E-state index in [0.717, 1.165) is 0 Å². The number of halogens is 1. The van der Waals surface area contributed by atoms with Crippen molar-refractivity contribution in [2.45, 2.75) is 26.4 Å². The van der Waals surface area contributed by atoms with Gasteiger partial charge in [-0.2, -0.15) is 0 Å². The van der Waals surface area contributed by atoms with Crippen molar-refractivity contribution in [1.82, 2.24) is 5.32 Å². The molecule has 19 heavy (non-hydrogen) atoms. The van der Waals surface area contributed by atoms with Crippen LogP contribution >= 0.6 is 0 Å². The number of nitrogen functional groups attached to an aromatic ring is 1. The summed E-state index contributed by atoms with van der Waals surface area (Å²) in [6, 6.07) is 4.40. The van der Waals surface area contributed by atoms with Gasteiger partial charge >= 0.3 is 6.09 Å². The number of anilines is 2. The van der Waals surface area contributed by atoms with Gasteiger partial charge in [-0.25, -0.2) is 9.18 Å². The first-order valence-corrected chi connectivity index (χ1v) is 6.04. The predicted octanol–water partition coefficient (Wildman–Crippen LogP) is 2.34.